The molecule has 0 N–H and O–H groups in total. The van der Waals surface area contributed by atoms with Crippen LogP contribution in [0.4, 0.5) is 5.95 Å². The number of nitrogens with zero attached hydrogens (tertiary/aromatic N) is 4. The van der Waals surface area contributed by atoms with E-state index in [0.717, 1.165) is 17.4 Å². The Morgan fingerprint density at radius 1 is 1.05 bits per heavy atom. The van der Waals surface area contributed by atoms with E-state index in [-0.39, 0.29) is 0 Å². The fraction of sp³-hybridized carbons (Fsp3) is 0.188. The fourth-order valence-electron chi connectivity index (χ4n) is 2.23. The summed E-state index contributed by atoms with van der Waals surface area (Å²) in [6.07, 6.45) is 5.17. The lowest BCUT2D eigenvalue weighted by Gasteiger charge is -2.18. The normalized spacial score (nSPS) is 10.6. The van der Waals surface area contributed by atoms with Crippen LogP contribution in [0.5, 0.6) is 5.75 Å². The molecule has 0 amide bonds. The number of para-hydroxylation sites is 1. The summed E-state index contributed by atoms with van der Waals surface area (Å²) < 4.78 is 5.07. The van der Waals surface area contributed by atoms with Crippen molar-refractivity contribution in [1.82, 2.24) is 15.0 Å². The molecule has 3 rings (SSSR count). The lowest BCUT2D eigenvalue weighted by Crippen LogP contribution is -2.19. The molecule has 0 aliphatic rings. The largest absolute Gasteiger partial charge is 0.494 e. The zero-order chi connectivity index (χ0) is 14.7. The van der Waals surface area contributed by atoms with E-state index in [0.29, 0.717) is 11.7 Å². The average Bonchev–Trinajstić information content (AvgIpc) is 2.55. The van der Waals surface area contributed by atoms with Crippen LogP contribution in [0, 0.1) is 0 Å². The molecule has 21 heavy (non-hydrogen) atoms. The second kappa shape index (κ2) is 5.75. The number of hydrogen-bond donors (Lipinski definition) is 0. The Kier molecular flexibility index (Phi) is 3.64. The minimum atomic E-state index is 0.654. The summed E-state index contributed by atoms with van der Waals surface area (Å²) in [7, 11) is 3.57. The number of hydrogen-bond acceptors (Lipinski definition) is 5. The van der Waals surface area contributed by atoms with Gasteiger partial charge in [0.05, 0.1) is 25.0 Å². The molecule has 0 unspecified atom stereocenters. The van der Waals surface area contributed by atoms with Crippen molar-refractivity contribution < 1.29 is 4.74 Å². The molecule has 0 radical (unpaired) electrons. The van der Waals surface area contributed by atoms with Gasteiger partial charge in [-0.25, -0.2) is 9.97 Å². The van der Waals surface area contributed by atoms with Crippen LogP contribution >= 0.6 is 0 Å². The van der Waals surface area contributed by atoms with Crippen LogP contribution in [0.15, 0.2) is 48.9 Å². The predicted molar refractivity (Wildman–Crippen MR) is 82.4 cm³/mol. The van der Waals surface area contributed by atoms with Gasteiger partial charge in [-0.1, -0.05) is 18.2 Å². The van der Waals surface area contributed by atoms with Gasteiger partial charge in [0.1, 0.15) is 0 Å². The highest BCUT2D eigenvalue weighted by Gasteiger charge is 2.08. The van der Waals surface area contributed by atoms with Gasteiger partial charge < -0.3 is 9.64 Å². The third-order valence-electron chi connectivity index (χ3n) is 3.34. The first kappa shape index (κ1) is 13.3. The molecule has 0 saturated carbocycles. The van der Waals surface area contributed by atoms with Crippen LogP contribution in [0.1, 0.15) is 5.56 Å². The maximum atomic E-state index is 5.07. The van der Waals surface area contributed by atoms with Crippen LogP contribution < -0.4 is 9.64 Å². The molecule has 0 aliphatic carbocycles. The second-order valence-electron chi connectivity index (χ2n) is 4.77. The average molecular weight is 280 g/mol. The first-order chi connectivity index (χ1) is 10.3. The molecule has 0 saturated heterocycles. The quantitative estimate of drug-likeness (QED) is 0.735. The van der Waals surface area contributed by atoms with E-state index in [1.54, 1.807) is 19.5 Å². The number of aromatic nitrogens is 3. The van der Waals surface area contributed by atoms with Gasteiger partial charge in [0, 0.05) is 25.2 Å². The minimum Gasteiger partial charge on any atom is -0.494 e. The van der Waals surface area contributed by atoms with Crippen LogP contribution in [-0.4, -0.2) is 29.1 Å². The van der Waals surface area contributed by atoms with Crippen LogP contribution in [0.2, 0.25) is 0 Å². The zero-order valence-corrected chi connectivity index (χ0v) is 12.0. The Bertz CT molecular complexity index is 737. The molecule has 0 fully saturated rings. The van der Waals surface area contributed by atoms with Crippen LogP contribution in [0.25, 0.3) is 10.9 Å². The first-order valence-corrected chi connectivity index (χ1v) is 6.68. The number of pyridine rings is 1. The Morgan fingerprint density at radius 3 is 2.57 bits per heavy atom. The van der Waals surface area contributed by atoms with E-state index in [1.807, 2.05) is 42.4 Å². The molecule has 5 heteroatoms. The summed E-state index contributed by atoms with van der Waals surface area (Å²) in [6.45, 7) is 0.718. The minimum absolute atomic E-state index is 0.654. The Balaban J connectivity index is 1.87. The number of benzene rings is 1. The molecule has 0 bridgehead atoms. The van der Waals surface area contributed by atoms with E-state index >= 15 is 0 Å². The summed E-state index contributed by atoms with van der Waals surface area (Å²) in [5.74, 6) is 1.32. The highest BCUT2D eigenvalue weighted by molar-refractivity contribution is 5.82. The summed E-state index contributed by atoms with van der Waals surface area (Å²) >= 11 is 0. The highest BCUT2D eigenvalue weighted by Crippen LogP contribution is 2.19. The number of anilines is 1. The molecule has 2 aromatic heterocycles. The summed E-state index contributed by atoms with van der Waals surface area (Å²) in [4.78, 5) is 15.0. The fourth-order valence-corrected chi connectivity index (χ4v) is 2.23. The number of fused-ring (bicyclic) bond motifs is 1. The molecule has 0 atom stereocenters. The Hall–Kier alpha value is -2.69. The van der Waals surface area contributed by atoms with Crippen molar-refractivity contribution in [2.24, 2.45) is 0 Å². The van der Waals surface area contributed by atoms with Crippen molar-refractivity contribution in [2.75, 3.05) is 19.1 Å². The van der Waals surface area contributed by atoms with E-state index < -0.39 is 0 Å². The molecule has 2 heterocycles. The van der Waals surface area contributed by atoms with Gasteiger partial charge in [-0.3, -0.25) is 4.98 Å². The summed E-state index contributed by atoms with van der Waals surface area (Å²) in [6, 6.07) is 10.2. The third kappa shape index (κ3) is 2.76. The van der Waals surface area contributed by atoms with E-state index in [2.05, 4.69) is 21.0 Å². The summed E-state index contributed by atoms with van der Waals surface area (Å²) in [5, 5.41) is 1.15. The standard InChI is InChI=1S/C16H16N4O/c1-20(16-18-9-13(21-2)10-19-16)11-12-7-8-17-15-6-4-3-5-14(12)15/h3-10H,11H2,1-2H3. The molecular weight excluding hydrogens is 264 g/mol. The van der Waals surface area contributed by atoms with Gasteiger partial charge in [0.2, 0.25) is 5.95 Å². The number of methoxy groups -OCH3 is 1. The molecular formula is C16H16N4O. The SMILES string of the molecule is COc1cnc(N(C)Cc2ccnc3ccccc23)nc1. The molecule has 5 nitrogen and oxygen atoms in total. The second-order valence-corrected chi connectivity index (χ2v) is 4.77. The van der Waals surface area contributed by atoms with Crippen LogP contribution in [0.3, 0.4) is 0 Å². The monoisotopic (exact) mass is 280 g/mol. The van der Waals surface area contributed by atoms with Gasteiger partial charge in [-0.2, -0.15) is 0 Å². The van der Waals surface area contributed by atoms with E-state index in [1.165, 1.54) is 5.56 Å². The number of ether oxygens (including phenoxy) is 1. The summed E-state index contributed by atoms with van der Waals surface area (Å²) in [5.41, 5.74) is 2.20. The highest BCUT2D eigenvalue weighted by atomic mass is 16.5. The van der Waals surface area contributed by atoms with Crippen molar-refractivity contribution in [3.05, 3.63) is 54.5 Å². The zero-order valence-electron chi connectivity index (χ0n) is 12.0. The lowest BCUT2D eigenvalue weighted by molar-refractivity contribution is 0.410. The van der Waals surface area contributed by atoms with Gasteiger partial charge in [0.25, 0.3) is 0 Å². The van der Waals surface area contributed by atoms with Gasteiger partial charge in [-0.15, -0.1) is 0 Å². The molecule has 1 aromatic carbocycles. The van der Waals surface area contributed by atoms with Crippen molar-refractivity contribution in [3.63, 3.8) is 0 Å². The van der Waals surface area contributed by atoms with Crippen molar-refractivity contribution in [3.8, 4) is 5.75 Å². The van der Waals surface area contributed by atoms with Crippen molar-refractivity contribution in [2.45, 2.75) is 6.54 Å². The third-order valence-corrected chi connectivity index (χ3v) is 3.34. The number of rotatable bonds is 4. The van der Waals surface area contributed by atoms with E-state index in [4.69, 9.17) is 4.74 Å². The van der Waals surface area contributed by atoms with E-state index in [9.17, 15) is 0 Å². The topological polar surface area (TPSA) is 51.1 Å². The smallest absolute Gasteiger partial charge is 0.225 e. The Morgan fingerprint density at radius 2 is 1.81 bits per heavy atom. The maximum Gasteiger partial charge on any atom is 0.225 e. The first-order valence-electron chi connectivity index (χ1n) is 6.68. The van der Waals surface area contributed by atoms with Gasteiger partial charge in [-0.05, 0) is 17.7 Å². The molecule has 0 spiro atoms. The van der Waals surface area contributed by atoms with Crippen molar-refractivity contribution >= 4 is 16.9 Å². The van der Waals surface area contributed by atoms with Gasteiger partial charge >= 0.3 is 0 Å². The predicted octanol–water partition coefficient (Wildman–Crippen LogP) is 2.67. The molecule has 3 aromatic rings. The van der Waals surface area contributed by atoms with Crippen molar-refractivity contribution in [1.29, 1.82) is 0 Å². The molecule has 106 valence electrons. The Labute approximate surface area is 123 Å². The van der Waals surface area contributed by atoms with Crippen LogP contribution in [-0.2, 0) is 6.54 Å². The maximum absolute atomic E-state index is 5.07. The molecule has 0 aliphatic heterocycles. The van der Waals surface area contributed by atoms with Gasteiger partial charge in [0.15, 0.2) is 5.75 Å². The lowest BCUT2D eigenvalue weighted by atomic mass is 10.1.